The third-order valence-electron chi connectivity index (χ3n) is 2.50. The Labute approximate surface area is 108 Å². The minimum atomic E-state index is -0.829. The Hall–Kier alpha value is -2.31. The zero-order valence-electron chi connectivity index (χ0n) is 10.0. The highest BCUT2D eigenvalue weighted by Gasteiger charge is 2.12. The maximum atomic E-state index is 13.4. The summed E-state index contributed by atoms with van der Waals surface area (Å²) in [6, 6.07) is 1.46. The minimum Gasteiger partial charge on any atom is -0.481 e. The maximum Gasteiger partial charge on any atom is 0.303 e. The van der Waals surface area contributed by atoms with Gasteiger partial charge in [0, 0.05) is 19.0 Å². The Morgan fingerprint density at radius 3 is 2.95 bits per heavy atom. The topological polar surface area (TPSA) is 89.1 Å². The van der Waals surface area contributed by atoms with Crippen molar-refractivity contribution in [2.75, 3.05) is 0 Å². The zero-order valence-corrected chi connectivity index (χ0v) is 10.0. The summed E-state index contributed by atoms with van der Waals surface area (Å²) in [5.74, 6) is -0.876. The van der Waals surface area contributed by atoms with Crippen molar-refractivity contribution in [1.82, 2.24) is 15.2 Å². The van der Waals surface area contributed by atoms with E-state index < -0.39 is 11.8 Å². The van der Waals surface area contributed by atoms with Gasteiger partial charge in [-0.1, -0.05) is 0 Å². The second-order valence-electron chi connectivity index (χ2n) is 3.96. The van der Waals surface area contributed by atoms with Gasteiger partial charge in [-0.15, -0.1) is 10.2 Å². The van der Waals surface area contributed by atoms with E-state index in [0.717, 1.165) is 6.20 Å². The molecule has 6 nitrogen and oxygen atoms in total. The van der Waals surface area contributed by atoms with Gasteiger partial charge in [0.1, 0.15) is 0 Å². The van der Waals surface area contributed by atoms with Gasteiger partial charge < -0.3 is 9.52 Å². The van der Waals surface area contributed by atoms with Crippen molar-refractivity contribution in [3.63, 3.8) is 0 Å². The summed E-state index contributed by atoms with van der Waals surface area (Å²) in [4.78, 5) is 14.0. The van der Waals surface area contributed by atoms with Gasteiger partial charge in [-0.05, 0) is 18.9 Å². The highest BCUT2D eigenvalue weighted by atomic mass is 19.1. The Morgan fingerprint density at radius 2 is 2.21 bits per heavy atom. The summed E-state index contributed by atoms with van der Waals surface area (Å²) in [5.41, 5.74) is 0.208. The maximum absolute atomic E-state index is 13.4. The number of rotatable bonds is 6. The van der Waals surface area contributed by atoms with E-state index in [0.29, 0.717) is 25.2 Å². The normalized spacial score (nSPS) is 10.6. The van der Waals surface area contributed by atoms with Crippen LogP contribution in [0.15, 0.2) is 22.9 Å². The molecular weight excluding hydrogens is 253 g/mol. The molecule has 2 aromatic rings. The summed E-state index contributed by atoms with van der Waals surface area (Å²) in [6.45, 7) is 0. The Balaban J connectivity index is 1.96. The standard InChI is InChI=1S/C12H12FN3O3/c13-9-7-14-6-5-8(9)12-16-15-10(19-12)3-1-2-4-11(17)18/h5-7H,1-4H2,(H,17,18). The molecule has 2 heterocycles. The van der Waals surface area contributed by atoms with Gasteiger partial charge >= 0.3 is 5.97 Å². The number of aromatic nitrogens is 3. The molecule has 1 N–H and O–H groups in total. The monoisotopic (exact) mass is 265 g/mol. The summed E-state index contributed by atoms with van der Waals surface area (Å²) in [6.07, 6.45) is 4.28. The molecule has 0 spiro atoms. The molecule has 2 aromatic heterocycles. The Morgan fingerprint density at radius 1 is 1.37 bits per heavy atom. The van der Waals surface area contributed by atoms with Gasteiger partial charge in [0.05, 0.1) is 11.8 Å². The van der Waals surface area contributed by atoms with Gasteiger partial charge in [-0.2, -0.15) is 0 Å². The van der Waals surface area contributed by atoms with E-state index in [4.69, 9.17) is 9.52 Å². The summed E-state index contributed by atoms with van der Waals surface area (Å²) in [7, 11) is 0. The highest BCUT2D eigenvalue weighted by molar-refractivity contribution is 5.66. The first-order chi connectivity index (χ1) is 9.16. The Kier molecular flexibility index (Phi) is 4.17. The number of carboxylic acids is 1. The first kappa shape index (κ1) is 13.1. The van der Waals surface area contributed by atoms with Crippen molar-refractivity contribution in [3.05, 3.63) is 30.2 Å². The van der Waals surface area contributed by atoms with Gasteiger partial charge in [0.15, 0.2) is 5.82 Å². The number of aliphatic carboxylic acids is 1. The average molecular weight is 265 g/mol. The molecule has 0 bridgehead atoms. The van der Waals surface area contributed by atoms with Crippen LogP contribution in [-0.4, -0.2) is 26.3 Å². The smallest absolute Gasteiger partial charge is 0.303 e. The number of nitrogens with zero attached hydrogens (tertiary/aromatic N) is 3. The van der Waals surface area contributed by atoms with Crippen LogP contribution in [0.25, 0.3) is 11.5 Å². The van der Waals surface area contributed by atoms with Crippen LogP contribution in [0.4, 0.5) is 4.39 Å². The molecule has 2 rings (SSSR count). The molecule has 19 heavy (non-hydrogen) atoms. The van der Waals surface area contributed by atoms with Crippen LogP contribution in [0.5, 0.6) is 0 Å². The van der Waals surface area contributed by atoms with Crippen LogP contribution in [0.2, 0.25) is 0 Å². The minimum absolute atomic E-state index is 0.105. The fourth-order valence-electron chi connectivity index (χ4n) is 1.56. The van der Waals surface area contributed by atoms with Crippen molar-refractivity contribution in [1.29, 1.82) is 0 Å². The predicted molar refractivity (Wildman–Crippen MR) is 62.7 cm³/mol. The fraction of sp³-hybridized carbons (Fsp3) is 0.333. The second-order valence-corrected chi connectivity index (χ2v) is 3.96. The van der Waals surface area contributed by atoms with E-state index in [1.54, 1.807) is 0 Å². The average Bonchev–Trinajstić information content (AvgIpc) is 2.83. The van der Waals surface area contributed by atoms with Crippen LogP contribution in [0.1, 0.15) is 25.2 Å². The van der Waals surface area contributed by atoms with Gasteiger partial charge in [-0.25, -0.2) is 4.39 Å². The first-order valence-electron chi connectivity index (χ1n) is 5.81. The molecule has 0 fully saturated rings. The summed E-state index contributed by atoms with van der Waals surface area (Å²) < 4.78 is 18.7. The van der Waals surface area contributed by atoms with Crippen molar-refractivity contribution in [3.8, 4) is 11.5 Å². The number of pyridine rings is 1. The molecule has 0 amide bonds. The molecule has 0 radical (unpaired) electrons. The molecule has 0 aliphatic rings. The highest BCUT2D eigenvalue weighted by Crippen LogP contribution is 2.20. The zero-order chi connectivity index (χ0) is 13.7. The number of hydrogen-bond acceptors (Lipinski definition) is 5. The lowest BCUT2D eigenvalue weighted by atomic mass is 10.2. The van der Waals surface area contributed by atoms with Crippen molar-refractivity contribution in [2.45, 2.75) is 25.7 Å². The molecule has 100 valence electrons. The largest absolute Gasteiger partial charge is 0.481 e. The fourth-order valence-corrected chi connectivity index (χ4v) is 1.56. The molecule has 0 aliphatic carbocycles. The van der Waals surface area contributed by atoms with Crippen molar-refractivity contribution in [2.24, 2.45) is 0 Å². The number of carboxylic acid groups (broad SMARTS) is 1. The lowest BCUT2D eigenvalue weighted by Crippen LogP contribution is -1.95. The van der Waals surface area contributed by atoms with Crippen molar-refractivity contribution >= 4 is 5.97 Å². The van der Waals surface area contributed by atoms with Gasteiger partial charge in [0.25, 0.3) is 5.89 Å². The lowest BCUT2D eigenvalue weighted by molar-refractivity contribution is -0.137. The molecule has 0 atom stereocenters. The molecular formula is C12H12FN3O3. The van der Waals surface area contributed by atoms with Crippen LogP contribution >= 0.6 is 0 Å². The van der Waals surface area contributed by atoms with Gasteiger partial charge in [0.2, 0.25) is 5.89 Å². The summed E-state index contributed by atoms with van der Waals surface area (Å²) >= 11 is 0. The summed E-state index contributed by atoms with van der Waals surface area (Å²) in [5, 5.41) is 16.1. The van der Waals surface area contributed by atoms with Crippen LogP contribution in [-0.2, 0) is 11.2 Å². The Bertz CT molecular complexity index is 571. The van der Waals surface area contributed by atoms with Crippen LogP contribution < -0.4 is 0 Å². The van der Waals surface area contributed by atoms with E-state index in [1.165, 1.54) is 12.3 Å². The third-order valence-corrected chi connectivity index (χ3v) is 2.50. The SMILES string of the molecule is O=C(O)CCCCc1nnc(-c2ccncc2F)o1. The lowest BCUT2D eigenvalue weighted by Gasteiger charge is -1.96. The molecule has 0 saturated heterocycles. The van der Waals surface area contributed by atoms with E-state index in [-0.39, 0.29) is 17.9 Å². The van der Waals surface area contributed by atoms with E-state index in [1.807, 2.05) is 0 Å². The second kappa shape index (κ2) is 6.03. The number of aryl methyl sites for hydroxylation is 1. The first-order valence-corrected chi connectivity index (χ1v) is 5.81. The number of hydrogen-bond donors (Lipinski definition) is 1. The molecule has 0 aromatic carbocycles. The number of carbonyl (C=O) groups is 1. The number of unbranched alkanes of at least 4 members (excludes halogenated alkanes) is 1. The quantitative estimate of drug-likeness (QED) is 0.804. The van der Waals surface area contributed by atoms with Crippen molar-refractivity contribution < 1.29 is 18.7 Å². The van der Waals surface area contributed by atoms with Gasteiger partial charge in [-0.3, -0.25) is 9.78 Å². The molecule has 0 aliphatic heterocycles. The van der Waals surface area contributed by atoms with E-state index >= 15 is 0 Å². The predicted octanol–water partition coefficient (Wildman–Crippen LogP) is 2.07. The molecule has 7 heteroatoms. The molecule has 0 unspecified atom stereocenters. The third kappa shape index (κ3) is 3.57. The molecule has 0 saturated carbocycles. The number of halogens is 1. The van der Waals surface area contributed by atoms with E-state index in [2.05, 4.69) is 15.2 Å². The van der Waals surface area contributed by atoms with Crippen LogP contribution in [0.3, 0.4) is 0 Å². The van der Waals surface area contributed by atoms with Crippen LogP contribution in [0, 0.1) is 5.82 Å². The van der Waals surface area contributed by atoms with E-state index in [9.17, 15) is 9.18 Å².